The van der Waals surface area contributed by atoms with Crippen LogP contribution in [0.4, 0.5) is 5.69 Å². The Morgan fingerprint density at radius 3 is 2.33 bits per heavy atom. The van der Waals surface area contributed by atoms with E-state index in [1.165, 1.54) is 30.3 Å². The van der Waals surface area contributed by atoms with Crippen molar-refractivity contribution in [3.05, 3.63) is 58.1 Å². The Morgan fingerprint density at radius 1 is 1.14 bits per heavy atom. The van der Waals surface area contributed by atoms with Gasteiger partial charge < -0.3 is 5.11 Å². The summed E-state index contributed by atoms with van der Waals surface area (Å²) >= 11 is 3.19. The quantitative estimate of drug-likeness (QED) is 0.866. The molecule has 0 radical (unpaired) electrons. The molecule has 110 valence electrons. The van der Waals surface area contributed by atoms with E-state index < -0.39 is 16.0 Å². The maximum Gasteiger partial charge on any atom is 0.337 e. The number of sulfonamides is 1. The minimum atomic E-state index is -3.84. The Morgan fingerprint density at radius 2 is 1.76 bits per heavy atom. The number of anilines is 1. The van der Waals surface area contributed by atoms with Gasteiger partial charge in [-0.3, -0.25) is 4.72 Å². The van der Waals surface area contributed by atoms with Crippen molar-refractivity contribution in [3.63, 3.8) is 0 Å². The van der Waals surface area contributed by atoms with Gasteiger partial charge in [-0.1, -0.05) is 33.6 Å². The molecule has 0 aliphatic carbocycles. The smallest absolute Gasteiger partial charge is 0.337 e. The maximum absolute atomic E-state index is 12.3. The minimum Gasteiger partial charge on any atom is -0.478 e. The topological polar surface area (TPSA) is 83.5 Å². The Hall–Kier alpha value is -1.86. The molecule has 0 aromatic heterocycles. The number of carboxylic acids is 1. The van der Waals surface area contributed by atoms with E-state index in [1.54, 1.807) is 12.1 Å². The standard InChI is InChI=1S/C14H12BrNO4S/c1-9-2-5-11(6-3-9)21(19,20)16-13-8-10(15)4-7-12(13)14(17)18/h2-8,16H,1H3,(H,17,18). The Kier molecular flexibility index (Phi) is 4.34. The van der Waals surface area contributed by atoms with Crippen LogP contribution >= 0.6 is 15.9 Å². The number of rotatable bonds is 4. The molecule has 0 amide bonds. The second-order valence-electron chi connectivity index (χ2n) is 4.41. The third-order valence-electron chi connectivity index (χ3n) is 2.79. The molecule has 0 aliphatic rings. The van der Waals surface area contributed by atoms with Gasteiger partial charge >= 0.3 is 5.97 Å². The van der Waals surface area contributed by atoms with E-state index in [-0.39, 0.29) is 16.1 Å². The zero-order chi connectivity index (χ0) is 15.6. The summed E-state index contributed by atoms with van der Waals surface area (Å²) in [7, 11) is -3.84. The molecule has 0 fully saturated rings. The third-order valence-corrected chi connectivity index (χ3v) is 4.66. The average Bonchev–Trinajstić information content (AvgIpc) is 2.38. The normalized spacial score (nSPS) is 11.1. The fourth-order valence-electron chi connectivity index (χ4n) is 1.71. The van der Waals surface area contributed by atoms with Crippen LogP contribution < -0.4 is 4.72 Å². The lowest BCUT2D eigenvalue weighted by atomic mass is 10.2. The number of halogens is 1. The first-order valence-electron chi connectivity index (χ1n) is 5.92. The highest BCUT2D eigenvalue weighted by Crippen LogP contribution is 2.24. The Labute approximate surface area is 130 Å². The second-order valence-corrected chi connectivity index (χ2v) is 7.01. The van der Waals surface area contributed by atoms with Crippen LogP contribution in [0.1, 0.15) is 15.9 Å². The molecule has 0 bridgehead atoms. The molecular formula is C14H12BrNO4S. The molecule has 5 nitrogen and oxygen atoms in total. The molecule has 0 heterocycles. The Bertz CT molecular complexity index is 785. The van der Waals surface area contributed by atoms with Crippen molar-refractivity contribution in [2.24, 2.45) is 0 Å². The molecule has 21 heavy (non-hydrogen) atoms. The first-order valence-corrected chi connectivity index (χ1v) is 8.19. The van der Waals surface area contributed by atoms with E-state index >= 15 is 0 Å². The van der Waals surface area contributed by atoms with Gasteiger partial charge in [0.15, 0.2) is 0 Å². The zero-order valence-electron chi connectivity index (χ0n) is 11.0. The summed E-state index contributed by atoms with van der Waals surface area (Å²) in [4.78, 5) is 11.2. The monoisotopic (exact) mass is 369 g/mol. The van der Waals surface area contributed by atoms with Gasteiger partial charge in [0.05, 0.1) is 16.1 Å². The summed E-state index contributed by atoms with van der Waals surface area (Å²) in [6, 6.07) is 10.6. The Balaban J connectivity index is 2.43. The van der Waals surface area contributed by atoms with E-state index in [1.807, 2.05) is 6.92 Å². The number of nitrogens with one attached hydrogen (secondary N) is 1. The van der Waals surface area contributed by atoms with Gasteiger partial charge in [0.1, 0.15) is 0 Å². The molecule has 7 heteroatoms. The number of hydrogen-bond acceptors (Lipinski definition) is 3. The molecule has 2 N–H and O–H groups in total. The molecule has 2 aromatic rings. The fraction of sp³-hybridized carbons (Fsp3) is 0.0714. The largest absolute Gasteiger partial charge is 0.478 e. The SMILES string of the molecule is Cc1ccc(S(=O)(=O)Nc2cc(Br)ccc2C(=O)O)cc1. The molecule has 0 spiro atoms. The van der Waals surface area contributed by atoms with E-state index in [2.05, 4.69) is 20.7 Å². The summed E-state index contributed by atoms with van der Waals surface area (Å²) in [5.41, 5.74) is 0.828. The highest BCUT2D eigenvalue weighted by molar-refractivity contribution is 9.10. The van der Waals surface area contributed by atoms with Crippen LogP contribution in [0, 0.1) is 6.92 Å². The lowest BCUT2D eigenvalue weighted by Gasteiger charge is -2.11. The predicted octanol–water partition coefficient (Wildman–Crippen LogP) is 3.26. The minimum absolute atomic E-state index is 0.0115. The lowest BCUT2D eigenvalue weighted by Crippen LogP contribution is -2.15. The van der Waals surface area contributed by atoms with Gasteiger partial charge in [-0.05, 0) is 37.3 Å². The van der Waals surface area contributed by atoms with Gasteiger partial charge in [-0.15, -0.1) is 0 Å². The van der Waals surface area contributed by atoms with E-state index in [0.29, 0.717) is 4.47 Å². The van der Waals surface area contributed by atoms with Crippen LogP contribution in [0.25, 0.3) is 0 Å². The number of benzene rings is 2. The van der Waals surface area contributed by atoms with Gasteiger partial charge in [-0.25, -0.2) is 13.2 Å². The number of aromatic carboxylic acids is 1. The fourth-order valence-corrected chi connectivity index (χ4v) is 3.14. The maximum atomic E-state index is 12.3. The molecule has 0 atom stereocenters. The van der Waals surface area contributed by atoms with Crippen LogP contribution in [0.3, 0.4) is 0 Å². The van der Waals surface area contributed by atoms with E-state index in [0.717, 1.165) is 5.56 Å². The van der Waals surface area contributed by atoms with Crippen LogP contribution in [0.2, 0.25) is 0 Å². The van der Waals surface area contributed by atoms with Crippen molar-refractivity contribution in [1.29, 1.82) is 0 Å². The van der Waals surface area contributed by atoms with Crippen molar-refractivity contribution in [2.45, 2.75) is 11.8 Å². The summed E-state index contributed by atoms with van der Waals surface area (Å²) in [6.07, 6.45) is 0. The van der Waals surface area contributed by atoms with E-state index in [4.69, 9.17) is 5.11 Å². The van der Waals surface area contributed by atoms with E-state index in [9.17, 15) is 13.2 Å². The number of carboxylic acid groups (broad SMARTS) is 1. The van der Waals surface area contributed by atoms with Crippen LogP contribution in [-0.2, 0) is 10.0 Å². The average molecular weight is 370 g/mol. The summed E-state index contributed by atoms with van der Waals surface area (Å²) in [6.45, 7) is 1.85. The molecule has 0 aliphatic heterocycles. The summed E-state index contributed by atoms with van der Waals surface area (Å²) in [5.74, 6) is -1.20. The van der Waals surface area contributed by atoms with Gasteiger partial charge in [0, 0.05) is 4.47 Å². The number of hydrogen-bond donors (Lipinski definition) is 2. The van der Waals surface area contributed by atoms with Crippen LogP contribution in [0.5, 0.6) is 0 Å². The number of aryl methyl sites for hydroxylation is 1. The van der Waals surface area contributed by atoms with Crippen LogP contribution in [0.15, 0.2) is 51.8 Å². The van der Waals surface area contributed by atoms with Crippen molar-refractivity contribution >= 4 is 37.6 Å². The highest BCUT2D eigenvalue weighted by Gasteiger charge is 2.18. The predicted molar refractivity (Wildman–Crippen MR) is 83.1 cm³/mol. The molecule has 0 saturated carbocycles. The second kappa shape index (κ2) is 5.87. The molecule has 0 saturated heterocycles. The molecular weight excluding hydrogens is 358 g/mol. The first-order chi connectivity index (χ1) is 9.79. The lowest BCUT2D eigenvalue weighted by molar-refractivity contribution is 0.0698. The first kappa shape index (κ1) is 15.5. The van der Waals surface area contributed by atoms with Gasteiger partial charge in [-0.2, -0.15) is 0 Å². The number of carbonyl (C=O) groups is 1. The van der Waals surface area contributed by atoms with Gasteiger partial charge in [0.2, 0.25) is 0 Å². The van der Waals surface area contributed by atoms with Crippen molar-refractivity contribution in [3.8, 4) is 0 Å². The summed E-state index contributed by atoms with van der Waals surface area (Å²) < 4.78 is 27.4. The third kappa shape index (κ3) is 3.62. The summed E-state index contributed by atoms with van der Waals surface area (Å²) in [5, 5.41) is 9.11. The van der Waals surface area contributed by atoms with Crippen LogP contribution in [-0.4, -0.2) is 19.5 Å². The molecule has 2 rings (SSSR count). The van der Waals surface area contributed by atoms with Gasteiger partial charge in [0.25, 0.3) is 10.0 Å². The van der Waals surface area contributed by atoms with Crippen molar-refractivity contribution < 1.29 is 18.3 Å². The highest BCUT2D eigenvalue weighted by atomic mass is 79.9. The zero-order valence-corrected chi connectivity index (χ0v) is 13.4. The van der Waals surface area contributed by atoms with Crippen molar-refractivity contribution in [1.82, 2.24) is 0 Å². The molecule has 0 unspecified atom stereocenters. The molecule has 2 aromatic carbocycles. The van der Waals surface area contributed by atoms with Crippen molar-refractivity contribution in [2.75, 3.05) is 4.72 Å².